The number of nitrogens with one attached hydrogen (secondary N) is 1. The molecule has 0 spiro atoms. The lowest BCUT2D eigenvalue weighted by Crippen LogP contribution is -2.50. The van der Waals surface area contributed by atoms with E-state index in [0.29, 0.717) is 12.2 Å². The highest BCUT2D eigenvalue weighted by Gasteiger charge is 2.27. The van der Waals surface area contributed by atoms with Crippen molar-refractivity contribution in [3.63, 3.8) is 0 Å². The standard InChI is InChI=1S/C14H25N3O2/c1-6-8-14(3,17(4)5)10-15-13(18)12-9-11(7-2)19-16-12/h9H,6-8,10H2,1-5H3,(H,15,18). The van der Waals surface area contributed by atoms with Gasteiger partial charge in [-0.1, -0.05) is 25.4 Å². The molecule has 0 saturated carbocycles. The van der Waals surface area contributed by atoms with Gasteiger partial charge >= 0.3 is 0 Å². The van der Waals surface area contributed by atoms with Gasteiger partial charge in [0.1, 0.15) is 5.76 Å². The van der Waals surface area contributed by atoms with Crippen molar-refractivity contribution >= 4 is 5.91 Å². The van der Waals surface area contributed by atoms with Crippen molar-refractivity contribution in [2.24, 2.45) is 0 Å². The summed E-state index contributed by atoms with van der Waals surface area (Å²) < 4.78 is 5.04. The first-order valence-electron chi connectivity index (χ1n) is 6.84. The Hall–Kier alpha value is -1.36. The summed E-state index contributed by atoms with van der Waals surface area (Å²) in [4.78, 5) is 14.1. The fourth-order valence-corrected chi connectivity index (χ4v) is 1.96. The Morgan fingerprint density at radius 3 is 2.63 bits per heavy atom. The van der Waals surface area contributed by atoms with Crippen LogP contribution in [-0.2, 0) is 6.42 Å². The number of rotatable bonds is 7. The Bertz CT molecular complexity index is 415. The SMILES string of the molecule is CCCC(C)(CNC(=O)c1cc(CC)on1)N(C)C. The molecule has 5 nitrogen and oxygen atoms in total. The van der Waals surface area contributed by atoms with Crippen LogP contribution in [0.25, 0.3) is 0 Å². The van der Waals surface area contributed by atoms with Gasteiger partial charge < -0.3 is 14.7 Å². The third kappa shape index (κ3) is 4.06. The Morgan fingerprint density at radius 2 is 2.16 bits per heavy atom. The Labute approximate surface area is 115 Å². The maximum absolute atomic E-state index is 12.0. The molecule has 1 amide bonds. The number of hydrogen-bond acceptors (Lipinski definition) is 4. The lowest BCUT2D eigenvalue weighted by Gasteiger charge is -2.36. The monoisotopic (exact) mass is 267 g/mol. The van der Waals surface area contributed by atoms with Crippen LogP contribution in [0.5, 0.6) is 0 Å². The molecular weight excluding hydrogens is 242 g/mol. The van der Waals surface area contributed by atoms with E-state index in [1.807, 2.05) is 21.0 Å². The van der Waals surface area contributed by atoms with Crippen LogP contribution in [0.1, 0.15) is 49.9 Å². The summed E-state index contributed by atoms with van der Waals surface area (Å²) in [5.74, 6) is 0.557. The maximum Gasteiger partial charge on any atom is 0.273 e. The maximum atomic E-state index is 12.0. The smallest absolute Gasteiger partial charge is 0.273 e. The van der Waals surface area contributed by atoms with Gasteiger partial charge in [0, 0.05) is 24.6 Å². The molecule has 0 aromatic carbocycles. The van der Waals surface area contributed by atoms with Gasteiger partial charge in [0.2, 0.25) is 0 Å². The molecule has 1 aromatic heterocycles. The predicted molar refractivity (Wildman–Crippen MR) is 75.2 cm³/mol. The summed E-state index contributed by atoms with van der Waals surface area (Å²) in [6, 6.07) is 1.70. The van der Waals surface area contributed by atoms with E-state index in [1.165, 1.54) is 0 Å². The van der Waals surface area contributed by atoms with Crippen LogP contribution in [-0.4, -0.2) is 42.1 Å². The van der Waals surface area contributed by atoms with Gasteiger partial charge in [-0.3, -0.25) is 4.79 Å². The second-order valence-electron chi connectivity index (χ2n) is 5.36. The van der Waals surface area contributed by atoms with Crippen molar-refractivity contribution in [3.05, 3.63) is 17.5 Å². The van der Waals surface area contributed by atoms with Crippen LogP contribution >= 0.6 is 0 Å². The Balaban J connectivity index is 2.61. The van der Waals surface area contributed by atoms with Crippen molar-refractivity contribution in [3.8, 4) is 0 Å². The van der Waals surface area contributed by atoms with E-state index in [-0.39, 0.29) is 11.4 Å². The average molecular weight is 267 g/mol. The molecule has 19 heavy (non-hydrogen) atoms. The number of aromatic nitrogens is 1. The van der Waals surface area contributed by atoms with Gasteiger partial charge in [-0.25, -0.2) is 0 Å². The van der Waals surface area contributed by atoms with Gasteiger partial charge in [-0.2, -0.15) is 0 Å². The van der Waals surface area contributed by atoms with E-state index in [4.69, 9.17) is 4.52 Å². The quantitative estimate of drug-likeness (QED) is 0.822. The van der Waals surface area contributed by atoms with Crippen LogP contribution < -0.4 is 5.32 Å². The first-order valence-corrected chi connectivity index (χ1v) is 6.84. The molecule has 0 aliphatic rings. The minimum Gasteiger partial charge on any atom is -0.361 e. The molecule has 0 fully saturated rings. The number of carbonyl (C=O) groups is 1. The van der Waals surface area contributed by atoms with Crippen molar-refractivity contribution in [2.45, 2.75) is 45.6 Å². The van der Waals surface area contributed by atoms with Gasteiger partial charge in [0.25, 0.3) is 5.91 Å². The fraction of sp³-hybridized carbons (Fsp3) is 0.714. The van der Waals surface area contributed by atoms with Gasteiger partial charge in [0.15, 0.2) is 5.69 Å². The molecule has 108 valence electrons. The second kappa shape index (κ2) is 6.70. The zero-order valence-electron chi connectivity index (χ0n) is 12.6. The number of hydrogen-bond donors (Lipinski definition) is 1. The van der Waals surface area contributed by atoms with Gasteiger partial charge in [-0.15, -0.1) is 0 Å². The molecule has 1 N–H and O–H groups in total. The molecule has 0 saturated heterocycles. The third-order valence-corrected chi connectivity index (χ3v) is 3.64. The lowest BCUT2D eigenvalue weighted by molar-refractivity contribution is 0.0892. The molecule has 0 radical (unpaired) electrons. The fourth-order valence-electron chi connectivity index (χ4n) is 1.96. The molecule has 0 bridgehead atoms. The largest absolute Gasteiger partial charge is 0.361 e. The van der Waals surface area contributed by atoms with E-state index in [2.05, 4.69) is 29.2 Å². The number of carbonyl (C=O) groups excluding carboxylic acids is 1. The minimum atomic E-state index is -0.173. The van der Waals surface area contributed by atoms with Crippen molar-refractivity contribution in [1.29, 1.82) is 0 Å². The van der Waals surface area contributed by atoms with Crippen LogP contribution in [0.15, 0.2) is 10.6 Å². The van der Waals surface area contributed by atoms with E-state index >= 15 is 0 Å². The third-order valence-electron chi connectivity index (χ3n) is 3.64. The van der Waals surface area contributed by atoms with Gasteiger partial charge in [0.05, 0.1) is 0 Å². The number of nitrogens with zero attached hydrogens (tertiary/aromatic N) is 2. The van der Waals surface area contributed by atoms with Crippen LogP contribution in [0.2, 0.25) is 0 Å². The molecule has 1 atom stereocenters. The first-order chi connectivity index (χ1) is 8.92. The normalized spacial score (nSPS) is 14.4. The number of likely N-dealkylation sites (N-methyl/N-ethyl adjacent to an activating group) is 1. The molecule has 1 aromatic rings. The molecule has 1 unspecified atom stereocenters. The van der Waals surface area contributed by atoms with Crippen LogP contribution in [0.4, 0.5) is 0 Å². The molecule has 1 rings (SSSR count). The highest BCUT2D eigenvalue weighted by molar-refractivity contribution is 5.92. The summed E-state index contributed by atoms with van der Waals surface area (Å²) in [5.41, 5.74) is 0.316. The summed E-state index contributed by atoms with van der Waals surface area (Å²) in [5, 5.41) is 6.72. The zero-order valence-corrected chi connectivity index (χ0v) is 12.6. The molecule has 1 heterocycles. The summed E-state index contributed by atoms with van der Waals surface area (Å²) in [6.45, 7) is 6.86. The van der Waals surface area contributed by atoms with Crippen LogP contribution in [0.3, 0.4) is 0 Å². The Kier molecular flexibility index (Phi) is 5.54. The van der Waals surface area contributed by atoms with E-state index < -0.39 is 0 Å². The van der Waals surface area contributed by atoms with Crippen molar-refractivity contribution < 1.29 is 9.32 Å². The highest BCUT2D eigenvalue weighted by atomic mass is 16.5. The van der Waals surface area contributed by atoms with E-state index in [9.17, 15) is 4.79 Å². The molecule has 0 aliphatic carbocycles. The average Bonchev–Trinajstić information content (AvgIpc) is 2.85. The Morgan fingerprint density at radius 1 is 1.47 bits per heavy atom. The van der Waals surface area contributed by atoms with Gasteiger partial charge in [-0.05, 0) is 27.4 Å². The summed E-state index contributed by atoms with van der Waals surface area (Å²) in [7, 11) is 4.07. The first kappa shape index (κ1) is 15.7. The summed E-state index contributed by atoms with van der Waals surface area (Å²) in [6.07, 6.45) is 2.85. The predicted octanol–water partition coefficient (Wildman–Crippen LogP) is 2.09. The van der Waals surface area contributed by atoms with E-state index in [0.717, 1.165) is 25.0 Å². The van der Waals surface area contributed by atoms with Crippen molar-refractivity contribution in [2.75, 3.05) is 20.6 Å². The van der Waals surface area contributed by atoms with Crippen LogP contribution in [0, 0.1) is 0 Å². The number of amides is 1. The molecule has 5 heteroatoms. The second-order valence-corrected chi connectivity index (χ2v) is 5.36. The summed E-state index contributed by atoms with van der Waals surface area (Å²) >= 11 is 0. The lowest BCUT2D eigenvalue weighted by atomic mass is 9.94. The highest BCUT2D eigenvalue weighted by Crippen LogP contribution is 2.17. The molecular formula is C14H25N3O2. The topological polar surface area (TPSA) is 58.4 Å². The van der Waals surface area contributed by atoms with Crippen molar-refractivity contribution in [1.82, 2.24) is 15.4 Å². The van der Waals surface area contributed by atoms with E-state index in [1.54, 1.807) is 6.07 Å². The zero-order chi connectivity index (χ0) is 14.5. The minimum absolute atomic E-state index is 0.0399. The number of aryl methyl sites for hydroxylation is 1. The molecule has 0 aliphatic heterocycles.